The maximum atomic E-state index is 12.4. The zero-order valence-corrected chi connectivity index (χ0v) is 17.1. The minimum Gasteiger partial charge on any atom is -0.548 e. The van der Waals surface area contributed by atoms with Gasteiger partial charge in [-0.25, -0.2) is 4.79 Å². The third-order valence-electron chi connectivity index (χ3n) is 5.60. The van der Waals surface area contributed by atoms with Gasteiger partial charge in [0.05, 0.1) is 12.0 Å². The van der Waals surface area contributed by atoms with E-state index in [-0.39, 0.29) is 18.9 Å². The van der Waals surface area contributed by atoms with Gasteiger partial charge in [-0.05, 0) is 46.4 Å². The van der Waals surface area contributed by atoms with E-state index in [0.29, 0.717) is 11.1 Å². The van der Waals surface area contributed by atoms with Gasteiger partial charge in [0.1, 0.15) is 6.61 Å². The molecule has 7 heteroatoms. The van der Waals surface area contributed by atoms with Crippen molar-refractivity contribution in [3.8, 4) is 11.1 Å². The summed E-state index contributed by atoms with van der Waals surface area (Å²) in [4.78, 5) is 35.1. The van der Waals surface area contributed by atoms with Crippen molar-refractivity contribution in [1.29, 1.82) is 0 Å². The predicted octanol–water partition coefficient (Wildman–Crippen LogP) is 1.99. The highest BCUT2D eigenvalue weighted by molar-refractivity contribution is 5.92. The van der Waals surface area contributed by atoms with Crippen molar-refractivity contribution in [3.05, 3.63) is 95.1 Å². The largest absolute Gasteiger partial charge is 0.548 e. The Bertz CT molecular complexity index is 1130. The Hall–Kier alpha value is -4.13. The Labute approximate surface area is 184 Å². The number of carbonyl (C=O) groups excluding carboxylic acids is 3. The van der Waals surface area contributed by atoms with Crippen LogP contribution in [0.15, 0.2) is 72.8 Å². The van der Waals surface area contributed by atoms with E-state index in [4.69, 9.17) is 10.5 Å². The average molecular weight is 429 g/mol. The van der Waals surface area contributed by atoms with Crippen molar-refractivity contribution in [1.82, 2.24) is 5.32 Å². The minimum atomic E-state index is -1.43. The van der Waals surface area contributed by atoms with Gasteiger partial charge in [0, 0.05) is 11.5 Å². The van der Waals surface area contributed by atoms with Gasteiger partial charge in [-0.3, -0.25) is 4.79 Å². The Morgan fingerprint density at radius 3 is 2.00 bits per heavy atom. The van der Waals surface area contributed by atoms with E-state index >= 15 is 0 Å². The number of carbonyl (C=O) groups is 3. The third kappa shape index (κ3) is 4.32. The SMILES string of the molecule is NC(=O)c1ccc(C[C@H](NC(=O)OCC2c3ccccc3-c3ccccc32)C(=O)[O-])cc1. The number of carboxylic acids is 1. The van der Waals surface area contributed by atoms with Crippen molar-refractivity contribution in [2.45, 2.75) is 18.4 Å². The molecule has 4 rings (SSSR count). The van der Waals surface area contributed by atoms with Crippen LogP contribution in [0.1, 0.15) is 33.0 Å². The zero-order chi connectivity index (χ0) is 22.7. The maximum Gasteiger partial charge on any atom is 0.407 e. The van der Waals surface area contributed by atoms with Gasteiger partial charge < -0.3 is 25.7 Å². The quantitative estimate of drug-likeness (QED) is 0.595. The number of amides is 2. The second-order valence-electron chi connectivity index (χ2n) is 7.61. The lowest BCUT2D eigenvalue weighted by atomic mass is 9.98. The lowest BCUT2D eigenvalue weighted by Crippen LogP contribution is -2.49. The van der Waals surface area contributed by atoms with E-state index in [1.807, 2.05) is 48.5 Å². The zero-order valence-electron chi connectivity index (χ0n) is 17.1. The summed E-state index contributed by atoms with van der Waals surface area (Å²) in [6.07, 6.45) is -0.860. The standard InChI is InChI=1S/C25H22N2O5/c26-23(28)16-11-9-15(10-12-16)13-22(24(29)30)27-25(31)32-14-21-19-7-3-1-5-17(19)18-6-2-4-8-20(18)21/h1-12,21-22H,13-14H2,(H2,26,28)(H,27,31)(H,29,30)/p-1/t22-/m0/s1. The summed E-state index contributed by atoms with van der Waals surface area (Å²) in [5.74, 6) is -2.14. The van der Waals surface area contributed by atoms with Crippen molar-refractivity contribution in [2.24, 2.45) is 5.73 Å². The average Bonchev–Trinajstić information content (AvgIpc) is 3.11. The van der Waals surface area contributed by atoms with Crippen LogP contribution >= 0.6 is 0 Å². The first-order valence-corrected chi connectivity index (χ1v) is 10.1. The molecule has 7 nitrogen and oxygen atoms in total. The number of fused-ring (bicyclic) bond motifs is 3. The lowest BCUT2D eigenvalue weighted by Gasteiger charge is -2.21. The molecular weight excluding hydrogens is 408 g/mol. The molecule has 1 atom stereocenters. The molecule has 2 amide bonds. The topological polar surface area (TPSA) is 122 Å². The Balaban J connectivity index is 1.41. The summed E-state index contributed by atoms with van der Waals surface area (Å²) in [5, 5.41) is 13.9. The number of primary amides is 1. The lowest BCUT2D eigenvalue weighted by molar-refractivity contribution is -0.308. The number of alkyl carbamates (subject to hydrolysis) is 1. The molecular formula is C25H21N2O5-. The van der Waals surface area contributed by atoms with Gasteiger partial charge >= 0.3 is 6.09 Å². The summed E-state index contributed by atoms with van der Waals surface area (Å²) in [6, 6.07) is 20.7. The van der Waals surface area contributed by atoms with Crippen LogP contribution in [0.5, 0.6) is 0 Å². The fourth-order valence-corrected chi connectivity index (χ4v) is 4.02. The fourth-order valence-electron chi connectivity index (χ4n) is 4.02. The molecule has 3 N–H and O–H groups in total. The molecule has 1 aliphatic rings. The monoisotopic (exact) mass is 429 g/mol. The normalized spacial score (nSPS) is 13.0. The number of carboxylic acid groups (broad SMARTS) is 1. The van der Waals surface area contributed by atoms with Gasteiger partial charge in [-0.15, -0.1) is 0 Å². The highest BCUT2D eigenvalue weighted by Gasteiger charge is 2.29. The molecule has 1 aliphatic carbocycles. The van der Waals surface area contributed by atoms with Gasteiger partial charge in [0.15, 0.2) is 0 Å². The molecule has 0 bridgehead atoms. The Kier molecular flexibility index (Phi) is 5.89. The van der Waals surface area contributed by atoms with Crippen LogP contribution in [0.4, 0.5) is 4.79 Å². The first-order chi connectivity index (χ1) is 15.4. The summed E-state index contributed by atoms with van der Waals surface area (Å²) in [5.41, 5.74) is 10.4. The molecule has 0 aliphatic heterocycles. The number of nitrogens with two attached hydrogens (primary N) is 1. The number of aliphatic carboxylic acids is 1. The van der Waals surface area contributed by atoms with Crippen LogP contribution < -0.4 is 16.2 Å². The summed E-state index contributed by atoms with van der Waals surface area (Å²) >= 11 is 0. The minimum absolute atomic E-state index is 0.0223. The Morgan fingerprint density at radius 2 is 1.47 bits per heavy atom. The van der Waals surface area contributed by atoms with Gasteiger partial charge in [0.25, 0.3) is 0 Å². The molecule has 3 aromatic rings. The molecule has 0 radical (unpaired) electrons. The van der Waals surface area contributed by atoms with Crippen LogP contribution in [0.3, 0.4) is 0 Å². The number of rotatable bonds is 7. The molecule has 0 fully saturated rings. The van der Waals surface area contributed by atoms with Crippen LogP contribution in [0, 0.1) is 0 Å². The predicted molar refractivity (Wildman–Crippen MR) is 116 cm³/mol. The summed E-state index contributed by atoms with van der Waals surface area (Å²) < 4.78 is 5.41. The van der Waals surface area contributed by atoms with Gasteiger partial charge in [-0.2, -0.15) is 0 Å². The van der Waals surface area contributed by atoms with Crippen LogP contribution in [-0.2, 0) is 16.0 Å². The molecule has 0 unspecified atom stereocenters. The van der Waals surface area contributed by atoms with Crippen LogP contribution in [0.25, 0.3) is 11.1 Å². The fraction of sp³-hybridized carbons (Fsp3) is 0.160. The first kappa shape index (κ1) is 21.1. The van der Waals surface area contributed by atoms with Crippen LogP contribution in [0.2, 0.25) is 0 Å². The molecule has 32 heavy (non-hydrogen) atoms. The van der Waals surface area contributed by atoms with E-state index in [1.165, 1.54) is 12.1 Å². The number of hydrogen-bond donors (Lipinski definition) is 2. The number of hydrogen-bond acceptors (Lipinski definition) is 5. The molecule has 0 saturated carbocycles. The molecule has 0 aromatic heterocycles. The third-order valence-corrected chi connectivity index (χ3v) is 5.60. The van der Waals surface area contributed by atoms with E-state index in [9.17, 15) is 19.5 Å². The maximum absolute atomic E-state index is 12.4. The molecule has 0 spiro atoms. The van der Waals surface area contributed by atoms with Gasteiger partial charge in [-0.1, -0.05) is 60.7 Å². The van der Waals surface area contributed by atoms with Crippen molar-refractivity contribution in [3.63, 3.8) is 0 Å². The highest BCUT2D eigenvalue weighted by Crippen LogP contribution is 2.44. The van der Waals surface area contributed by atoms with E-state index in [2.05, 4.69) is 5.32 Å². The molecule has 0 saturated heterocycles. The molecule has 162 valence electrons. The molecule has 0 heterocycles. The van der Waals surface area contributed by atoms with Crippen molar-refractivity contribution >= 4 is 18.0 Å². The smallest absolute Gasteiger partial charge is 0.407 e. The van der Waals surface area contributed by atoms with Crippen molar-refractivity contribution in [2.75, 3.05) is 6.61 Å². The van der Waals surface area contributed by atoms with E-state index in [1.54, 1.807) is 12.1 Å². The van der Waals surface area contributed by atoms with Gasteiger partial charge in [0.2, 0.25) is 5.91 Å². The number of ether oxygens (including phenoxy) is 1. The first-order valence-electron chi connectivity index (χ1n) is 10.1. The number of nitrogens with one attached hydrogen (secondary N) is 1. The summed E-state index contributed by atoms with van der Waals surface area (Å²) in [7, 11) is 0. The second-order valence-corrected chi connectivity index (χ2v) is 7.61. The van der Waals surface area contributed by atoms with Crippen molar-refractivity contribution < 1.29 is 24.2 Å². The number of benzene rings is 3. The van der Waals surface area contributed by atoms with E-state index < -0.39 is 24.0 Å². The molecule has 3 aromatic carbocycles. The van der Waals surface area contributed by atoms with E-state index in [0.717, 1.165) is 22.3 Å². The second kappa shape index (κ2) is 8.93. The Morgan fingerprint density at radius 1 is 0.906 bits per heavy atom. The summed E-state index contributed by atoms with van der Waals surface area (Å²) in [6.45, 7) is 0.0763. The highest BCUT2D eigenvalue weighted by atomic mass is 16.5. The van der Waals surface area contributed by atoms with Crippen LogP contribution in [-0.4, -0.2) is 30.6 Å².